The Bertz CT molecular complexity index is 1360. The smallest absolute Gasteiger partial charge is 0.417 e. The molecule has 0 aliphatic heterocycles. The summed E-state index contributed by atoms with van der Waals surface area (Å²) in [5.74, 6) is -0.138. The van der Waals surface area contributed by atoms with E-state index >= 15 is 0 Å². The number of hydrogen-bond acceptors (Lipinski definition) is 6. The molecule has 7 nitrogen and oxygen atoms in total. The highest BCUT2D eigenvalue weighted by Crippen LogP contribution is 2.36. The highest BCUT2D eigenvalue weighted by Gasteiger charge is 2.34. The number of oxime groups is 2. The molecule has 0 bridgehead atoms. The van der Waals surface area contributed by atoms with Gasteiger partial charge >= 0.3 is 6.18 Å². The van der Waals surface area contributed by atoms with Crippen LogP contribution in [-0.2, 0) is 27.3 Å². The molecule has 0 radical (unpaired) electrons. The molecule has 11 heteroatoms. The Balaban J connectivity index is 1.88. The third kappa shape index (κ3) is 7.04. The first kappa shape index (κ1) is 28.5. The Morgan fingerprint density at radius 1 is 1.00 bits per heavy atom. The van der Waals surface area contributed by atoms with Crippen LogP contribution < -0.4 is 10.1 Å². The zero-order valence-electron chi connectivity index (χ0n) is 21.0. The van der Waals surface area contributed by atoms with Crippen molar-refractivity contribution in [3.63, 3.8) is 0 Å². The second kappa shape index (κ2) is 12.5. The van der Waals surface area contributed by atoms with E-state index < -0.39 is 17.6 Å². The maximum atomic E-state index is 13.9. The fraction of sp³-hybridized carbons (Fsp3) is 0.222. The van der Waals surface area contributed by atoms with E-state index in [0.717, 1.165) is 11.6 Å². The summed E-state index contributed by atoms with van der Waals surface area (Å²) in [7, 11) is 2.77. The van der Waals surface area contributed by atoms with E-state index in [9.17, 15) is 18.0 Å². The topological polar surface area (TPSA) is 81.5 Å². The van der Waals surface area contributed by atoms with Crippen LogP contribution in [0.5, 0.6) is 11.5 Å². The number of ether oxygens (including phenoxy) is 1. The van der Waals surface area contributed by atoms with Crippen molar-refractivity contribution in [1.82, 2.24) is 5.32 Å². The average molecular weight is 548 g/mol. The number of benzene rings is 3. The normalized spacial score (nSPS) is 12.2. The second-order valence-electron chi connectivity index (χ2n) is 8.01. The molecule has 0 heterocycles. The van der Waals surface area contributed by atoms with Crippen molar-refractivity contribution >= 4 is 28.9 Å². The minimum absolute atomic E-state index is 0.000767. The van der Waals surface area contributed by atoms with Gasteiger partial charge in [-0.1, -0.05) is 40.1 Å². The minimum Gasteiger partial charge on any atom is -0.457 e. The molecule has 3 rings (SSSR count). The standard InChI is InChI=1S/C27H25ClF3N3O4/c1-16-6-5-7-22(25(34-36-4)26(35)32-3)23(16)15-37-33-17(2)21-13-12-20(14-24(21)27(29,30)31)38-19-10-8-18(28)9-11-19/h5-14H,15H2,1-4H3,(H,32,35)/b33-17+,34-25+. The van der Waals surface area contributed by atoms with Gasteiger partial charge in [-0.3, -0.25) is 4.79 Å². The van der Waals surface area contributed by atoms with Gasteiger partial charge in [-0.25, -0.2) is 0 Å². The number of likely N-dealkylation sites (N-methyl/N-ethyl adjacent to an activating group) is 1. The Morgan fingerprint density at radius 2 is 1.68 bits per heavy atom. The summed E-state index contributed by atoms with van der Waals surface area (Å²) < 4.78 is 47.3. The van der Waals surface area contributed by atoms with Crippen LogP contribution in [0.4, 0.5) is 13.2 Å². The van der Waals surface area contributed by atoms with Gasteiger partial charge in [-0.2, -0.15) is 13.2 Å². The van der Waals surface area contributed by atoms with E-state index in [4.69, 9.17) is 26.0 Å². The molecule has 1 amide bonds. The van der Waals surface area contributed by atoms with Crippen molar-refractivity contribution in [3.8, 4) is 11.5 Å². The highest BCUT2D eigenvalue weighted by atomic mass is 35.5. The number of rotatable bonds is 9. The Labute approximate surface area is 222 Å². The van der Waals surface area contributed by atoms with Crippen LogP contribution in [0.15, 0.2) is 71.0 Å². The second-order valence-corrected chi connectivity index (χ2v) is 8.45. The molecule has 0 saturated heterocycles. The monoisotopic (exact) mass is 547 g/mol. The lowest BCUT2D eigenvalue weighted by Gasteiger charge is -2.15. The summed E-state index contributed by atoms with van der Waals surface area (Å²) in [6.45, 7) is 3.08. The quantitative estimate of drug-likeness (QED) is 0.245. The molecular weight excluding hydrogens is 523 g/mol. The predicted molar refractivity (Wildman–Crippen MR) is 139 cm³/mol. The van der Waals surface area contributed by atoms with E-state index in [-0.39, 0.29) is 29.3 Å². The number of amides is 1. The van der Waals surface area contributed by atoms with E-state index in [1.165, 1.54) is 33.2 Å². The van der Waals surface area contributed by atoms with Crippen molar-refractivity contribution in [3.05, 3.63) is 93.5 Å². The summed E-state index contributed by atoms with van der Waals surface area (Å²) in [5.41, 5.74) is 0.710. The summed E-state index contributed by atoms with van der Waals surface area (Å²) in [6.07, 6.45) is -4.67. The van der Waals surface area contributed by atoms with Gasteiger partial charge < -0.3 is 19.7 Å². The Hall–Kier alpha value is -4.05. The van der Waals surface area contributed by atoms with Crippen LogP contribution in [0.2, 0.25) is 5.02 Å². The van der Waals surface area contributed by atoms with Crippen LogP contribution in [0, 0.1) is 6.92 Å². The SMILES string of the molecule is CNC(=O)/C(=N/OC)c1cccc(C)c1CO/N=C(\C)c1ccc(Oc2ccc(Cl)cc2)cc1C(F)(F)F. The van der Waals surface area contributed by atoms with Crippen LogP contribution in [0.3, 0.4) is 0 Å². The minimum atomic E-state index is -4.67. The van der Waals surface area contributed by atoms with Crippen molar-refractivity contribution < 1.29 is 32.4 Å². The van der Waals surface area contributed by atoms with Crippen LogP contribution >= 0.6 is 11.6 Å². The van der Waals surface area contributed by atoms with Crippen molar-refractivity contribution in [2.45, 2.75) is 26.6 Å². The molecule has 38 heavy (non-hydrogen) atoms. The first-order valence-corrected chi connectivity index (χ1v) is 11.7. The summed E-state index contributed by atoms with van der Waals surface area (Å²) >= 11 is 5.84. The van der Waals surface area contributed by atoms with Crippen molar-refractivity contribution in [2.75, 3.05) is 14.2 Å². The van der Waals surface area contributed by atoms with Crippen LogP contribution in [0.1, 0.15) is 34.7 Å². The number of halogens is 4. The molecule has 3 aromatic rings. The van der Waals surface area contributed by atoms with Gasteiger partial charge in [-0.15, -0.1) is 0 Å². The van der Waals surface area contributed by atoms with Crippen molar-refractivity contribution in [2.24, 2.45) is 10.3 Å². The first-order valence-electron chi connectivity index (χ1n) is 11.3. The van der Waals surface area contributed by atoms with E-state index in [1.54, 1.807) is 49.4 Å². The third-order valence-corrected chi connectivity index (χ3v) is 5.69. The van der Waals surface area contributed by atoms with Gasteiger partial charge in [0.25, 0.3) is 5.91 Å². The fourth-order valence-corrected chi connectivity index (χ4v) is 3.68. The lowest BCUT2D eigenvalue weighted by molar-refractivity contribution is -0.137. The number of carbonyl (C=O) groups is 1. The number of alkyl halides is 3. The van der Waals surface area contributed by atoms with Gasteiger partial charge in [0, 0.05) is 28.8 Å². The molecule has 0 unspecified atom stereocenters. The molecule has 3 aromatic carbocycles. The summed E-state index contributed by atoms with van der Waals surface area (Å²) in [5, 5.41) is 10.7. The zero-order valence-corrected chi connectivity index (χ0v) is 21.8. The Kier molecular flexibility index (Phi) is 9.35. The number of aryl methyl sites for hydroxylation is 1. The van der Waals surface area contributed by atoms with Crippen LogP contribution in [-0.4, -0.2) is 31.5 Å². The predicted octanol–water partition coefficient (Wildman–Crippen LogP) is 6.50. The summed E-state index contributed by atoms with van der Waals surface area (Å²) in [4.78, 5) is 22.6. The highest BCUT2D eigenvalue weighted by molar-refractivity contribution is 6.45. The van der Waals surface area contributed by atoms with Crippen molar-refractivity contribution in [1.29, 1.82) is 0 Å². The molecule has 0 aromatic heterocycles. The number of nitrogens with one attached hydrogen (secondary N) is 1. The van der Waals surface area contributed by atoms with Gasteiger partial charge in [0.05, 0.1) is 11.3 Å². The Morgan fingerprint density at radius 3 is 2.32 bits per heavy atom. The van der Waals surface area contributed by atoms with Gasteiger partial charge in [-0.05, 0) is 61.9 Å². The molecule has 1 N–H and O–H groups in total. The van der Waals surface area contributed by atoms with Gasteiger partial charge in [0.15, 0.2) is 5.71 Å². The molecule has 0 spiro atoms. The van der Waals surface area contributed by atoms with E-state index in [2.05, 4.69) is 15.6 Å². The molecule has 200 valence electrons. The third-order valence-electron chi connectivity index (χ3n) is 5.44. The lowest BCUT2D eigenvalue weighted by Crippen LogP contribution is -2.29. The van der Waals surface area contributed by atoms with E-state index in [0.29, 0.717) is 21.9 Å². The van der Waals surface area contributed by atoms with Gasteiger partial charge in [0.2, 0.25) is 0 Å². The summed E-state index contributed by atoms with van der Waals surface area (Å²) in [6, 6.07) is 15.0. The molecular formula is C27H25ClF3N3O4. The molecule has 0 atom stereocenters. The molecule has 0 saturated carbocycles. The fourth-order valence-electron chi connectivity index (χ4n) is 3.56. The maximum Gasteiger partial charge on any atom is 0.417 e. The first-order chi connectivity index (χ1) is 18.0. The molecule has 0 fully saturated rings. The average Bonchev–Trinajstić information content (AvgIpc) is 2.88. The number of nitrogens with zero attached hydrogens (tertiary/aromatic N) is 2. The van der Waals surface area contributed by atoms with Gasteiger partial charge in [0.1, 0.15) is 25.2 Å². The largest absolute Gasteiger partial charge is 0.457 e. The zero-order chi connectivity index (χ0) is 27.9. The number of carbonyl (C=O) groups excluding carboxylic acids is 1. The van der Waals surface area contributed by atoms with E-state index in [1.807, 2.05) is 0 Å². The maximum absolute atomic E-state index is 13.9. The molecule has 0 aliphatic rings. The number of hydrogen-bond donors (Lipinski definition) is 1. The van der Waals surface area contributed by atoms with Crippen LogP contribution in [0.25, 0.3) is 0 Å². The lowest BCUT2D eigenvalue weighted by atomic mass is 9.98. The molecule has 0 aliphatic carbocycles.